The van der Waals surface area contributed by atoms with Crippen LogP contribution in [0.5, 0.6) is 5.75 Å². The van der Waals surface area contributed by atoms with Crippen molar-refractivity contribution in [1.29, 1.82) is 0 Å². The summed E-state index contributed by atoms with van der Waals surface area (Å²) in [6.45, 7) is 9.61. The van der Waals surface area contributed by atoms with Gasteiger partial charge in [-0.25, -0.2) is 4.79 Å². The molecule has 0 saturated carbocycles. The van der Waals surface area contributed by atoms with Crippen molar-refractivity contribution in [3.8, 4) is 5.75 Å². The van der Waals surface area contributed by atoms with E-state index in [0.29, 0.717) is 36.2 Å². The molecule has 1 unspecified atom stereocenters. The molecule has 1 saturated heterocycles. The number of allylic oxidation sites excluding steroid dienone is 4. The van der Waals surface area contributed by atoms with Crippen molar-refractivity contribution in [3.63, 3.8) is 0 Å². The molecule has 1 atom stereocenters. The highest BCUT2D eigenvalue weighted by molar-refractivity contribution is 6.31. The number of alkyl halides is 1. The van der Waals surface area contributed by atoms with Gasteiger partial charge in [-0.15, -0.1) is 11.6 Å². The Kier molecular flexibility index (Phi) is 10.6. The minimum Gasteiger partial charge on any atom is -0.494 e. The summed E-state index contributed by atoms with van der Waals surface area (Å²) in [6, 6.07) is 13.4. The zero-order valence-corrected chi connectivity index (χ0v) is 25.2. The number of halogens is 2. The highest BCUT2D eigenvalue weighted by Crippen LogP contribution is 2.40. The zero-order valence-electron chi connectivity index (χ0n) is 23.7. The fourth-order valence-electron chi connectivity index (χ4n) is 5.56. The fraction of sp³-hybridized carbons (Fsp3) is 0.364. The molecule has 1 aromatic heterocycles. The normalized spacial score (nSPS) is 17.9. The van der Waals surface area contributed by atoms with Crippen LogP contribution in [0.25, 0.3) is 10.9 Å². The molecule has 42 heavy (non-hydrogen) atoms. The molecule has 1 amide bonds. The van der Waals surface area contributed by atoms with Crippen molar-refractivity contribution in [2.45, 2.75) is 25.3 Å². The molecule has 2 aliphatic rings. The van der Waals surface area contributed by atoms with E-state index in [9.17, 15) is 4.79 Å². The number of benzene rings is 2. The van der Waals surface area contributed by atoms with Crippen LogP contribution in [0.1, 0.15) is 35.7 Å². The summed E-state index contributed by atoms with van der Waals surface area (Å²) < 4.78 is 17.3. The Morgan fingerprint density at radius 2 is 1.93 bits per heavy atom. The van der Waals surface area contributed by atoms with E-state index in [2.05, 4.69) is 16.5 Å². The number of H-pyrrole nitrogens is 1. The third-order valence-corrected chi connectivity index (χ3v) is 8.03. The number of carbonyl (C=O) groups is 1. The predicted octanol–water partition coefficient (Wildman–Crippen LogP) is 7.26. The van der Waals surface area contributed by atoms with Crippen molar-refractivity contribution >= 4 is 40.2 Å². The second-order valence-electron chi connectivity index (χ2n) is 10.4. The summed E-state index contributed by atoms with van der Waals surface area (Å²) in [5.41, 5.74) is 4.05. The van der Waals surface area contributed by atoms with E-state index in [-0.39, 0.29) is 6.04 Å². The van der Waals surface area contributed by atoms with E-state index in [1.165, 1.54) is 0 Å². The molecule has 5 rings (SSSR count). The van der Waals surface area contributed by atoms with Crippen LogP contribution < -0.4 is 4.74 Å². The standard InChI is InChI=1S/C33H37Cl2N3O4/c1-2-6-27(7-5-15-34)42-33(39)38-17-14-28-29-23-25(35)10-13-30(29)36-31(28)32(38)24-8-11-26(12-9-24)41-20-4-3-16-37-18-21-40-22-19-37/h2,5-13,23,32,36H,1,3-4,14-22H2/b7-5-,27-6+. The average molecular weight is 611 g/mol. The number of amides is 1. The largest absolute Gasteiger partial charge is 0.494 e. The predicted molar refractivity (Wildman–Crippen MR) is 169 cm³/mol. The van der Waals surface area contributed by atoms with E-state index >= 15 is 0 Å². The Morgan fingerprint density at radius 3 is 2.69 bits per heavy atom. The molecule has 7 nitrogen and oxygen atoms in total. The van der Waals surface area contributed by atoms with Crippen molar-refractivity contribution in [1.82, 2.24) is 14.8 Å². The number of morpholine rings is 1. The molecule has 222 valence electrons. The van der Waals surface area contributed by atoms with Crippen molar-refractivity contribution < 1.29 is 19.0 Å². The van der Waals surface area contributed by atoms with Gasteiger partial charge in [0.25, 0.3) is 0 Å². The maximum Gasteiger partial charge on any atom is 0.416 e. The van der Waals surface area contributed by atoms with E-state index in [0.717, 1.165) is 79.2 Å². The van der Waals surface area contributed by atoms with Crippen molar-refractivity contribution in [2.24, 2.45) is 0 Å². The summed E-state index contributed by atoms with van der Waals surface area (Å²) >= 11 is 12.2. The van der Waals surface area contributed by atoms with E-state index < -0.39 is 6.09 Å². The molecule has 0 radical (unpaired) electrons. The minimum atomic E-state index is -0.449. The minimum absolute atomic E-state index is 0.307. The number of nitrogens with zero attached hydrogens (tertiary/aromatic N) is 2. The second kappa shape index (κ2) is 14.8. The Balaban J connectivity index is 1.33. The number of nitrogens with one attached hydrogen (secondary N) is 1. The third-order valence-electron chi connectivity index (χ3n) is 7.62. The first kappa shape index (κ1) is 30.2. The number of ether oxygens (including phenoxy) is 3. The number of carbonyl (C=O) groups excluding carboxylic acids is 1. The van der Waals surface area contributed by atoms with Crippen molar-refractivity contribution in [2.75, 3.05) is 51.9 Å². The highest BCUT2D eigenvalue weighted by atomic mass is 35.5. The molecule has 0 spiro atoms. The number of unbranched alkanes of at least 4 members (excludes halogenated alkanes) is 1. The SMILES string of the molecule is C=C/C=C(\C=C/CCl)OC(=O)N1CCc2c([nH]c3ccc(Cl)cc23)C1c1ccc(OCCCCN2CCOCC2)cc1. The molecule has 3 aromatic rings. The van der Waals surface area contributed by atoms with Gasteiger partial charge in [0.1, 0.15) is 17.6 Å². The third kappa shape index (κ3) is 7.39. The Hall–Kier alpha value is -3.23. The molecule has 1 fully saturated rings. The first-order chi connectivity index (χ1) is 20.6. The lowest BCUT2D eigenvalue weighted by molar-refractivity contribution is 0.0368. The summed E-state index contributed by atoms with van der Waals surface area (Å²) in [7, 11) is 0. The van der Waals surface area contributed by atoms with Crippen LogP contribution in [0.2, 0.25) is 5.02 Å². The molecule has 1 N–H and O–H groups in total. The van der Waals surface area contributed by atoms with E-state index in [1.807, 2.05) is 42.5 Å². The topological polar surface area (TPSA) is 67.0 Å². The Labute approximate surface area is 257 Å². The summed E-state index contributed by atoms with van der Waals surface area (Å²) in [5.74, 6) is 1.49. The van der Waals surface area contributed by atoms with Crippen LogP contribution >= 0.6 is 23.2 Å². The lowest BCUT2D eigenvalue weighted by Crippen LogP contribution is -2.40. The smallest absolute Gasteiger partial charge is 0.416 e. The highest BCUT2D eigenvalue weighted by Gasteiger charge is 2.36. The molecular weight excluding hydrogens is 573 g/mol. The summed E-state index contributed by atoms with van der Waals surface area (Å²) in [4.78, 5) is 21.3. The molecular formula is C33H37Cl2N3O4. The maximum absolute atomic E-state index is 13.6. The Bertz CT molecular complexity index is 1430. The van der Waals surface area contributed by atoms with E-state index in [4.69, 9.17) is 37.4 Å². The molecule has 2 aliphatic heterocycles. The van der Waals surface area contributed by atoms with Gasteiger partial charge in [0.05, 0.1) is 19.8 Å². The van der Waals surface area contributed by atoms with Crippen LogP contribution in [0.3, 0.4) is 0 Å². The maximum atomic E-state index is 13.6. The first-order valence-electron chi connectivity index (χ1n) is 14.4. The lowest BCUT2D eigenvalue weighted by atomic mass is 9.92. The fourth-order valence-corrected chi connectivity index (χ4v) is 5.82. The summed E-state index contributed by atoms with van der Waals surface area (Å²) in [6.07, 6.45) is 8.92. The monoisotopic (exact) mass is 609 g/mol. The lowest BCUT2D eigenvalue weighted by Gasteiger charge is -2.35. The van der Waals surface area contributed by atoms with Gasteiger partial charge in [-0.05, 0) is 79.4 Å². The number of fused-ring (bicyclic) bond motifs is 3. The molecule has 0 bridgehead atoms. The average Bonchev–Trinajstić information content (AvgIpc) is 3.38. The van der Waals surface area contributed by atoms with Gasteiger partial charge in [0, 0.05) is 47.1 Å². The van der Waals surface area contributed by atoms with Crippen LogP contribution in [0.4, 0.5) is 4.79 Å². The molecule has 9 heteroatoms. The van der Waals surface area contributed by atoms with Crippen LogP contribution in [-0.4, -0.2) is 72.8 Å². The van der Waals surface area contributed by atoms with Gasteiger partial charge >= 0.3 is 6.09 Å². The van der Waals surface area contributed by atoms with Gasteiger partial charge < -0.3 is 19.2 Å². The molecule has 2 aromatic carbocycles. The van der Waals surface area contributed by atoms with Gasteiger partial charge in [-0.1, -0.05) is 42.5 Å². The van der Waals surface area contributed by atoms with Gasteiger partial charge in [0.2, 0.25) is 0 Å². The van der Waals surface area contributed by atoms with Gasteiger partial charge in [0.15, 0.2) is 0 Å². The van der Waals surface area contributed by atoms with E-state index in [1.54, 1.807) is 29.2 Å². The number of rotatable bonds is 11. The number of aromatic nitrogens is 1. The number of hydrogen-bond donors (Lipinski definition) is 1. The quantitative estimate of drug-likeness (QED) is 0.107. The number of aromatic amines is 1. The second-order valence-corrected chi connectivity index (χ2v) is 11.1. The van der Waals surface area contributed by atoms with Crippen LogP contribution in [-0.2, 0) is 15.9 Å². The molecule has 3 heterocycles. The molecule has 0 aliphatic carbocycles. The summed E-state index contributed by atoms with van der Waals surface area (Å²) in [5, 5.41) is 1.75. The zero-order chi connectivity index (χ0) is 29.3. The Morgan fingerprint density at radius 1 is 1.12 bits per heavy atom. The van der Waals surface area contributed by atoms with Gasteiger partial charge in [-0.2, -0.15) is 0 Å². The van der Waals surface area contributed by atoms with Gasteiger partial charge in [-0.3, -0.25) is 9.80 Å². The number of hydrogen-bond acceptors (Lipinski definition) is 5. The first-order valence-corrected chi connectivity index (χ1v) is 15.3. The van der Waals surface area contributed by atoms with Crippen molar-refractivity contribution in [3.05, 3.63) is 101 Å². The van der Waals surface area contributed by atoms with Crippen LogP contribution in [0.15, 0.2) is 79.1 Å². The van der Waals surface area contributed by atoms with Crippen LogP contribution in [0, 0.1) is 0 Å².